The zero-order valence-corrected chi connectivity index (χ0v) is 19.2. The van der Waals surface area contributed by atoms with Gasteiger partial charge < -0.3 is 35.4 Å². The van der Waals surface area contributed by atoms with E-state index in [4.69, 9.17) is 47.8 Å². The average Bonchev–Trinajstić information content (AvgIpc) is 2.76. The summed E-state index contributed by atoms with van der Waals surface area (Å²) in [5.74, 6) is -1.19. The SMILES string of the molecule is COc1cc(OC)c(-c2cc(=O)[nH]c(=S)n2CCCN=C(N)N)cc1OC.O=C(O)C(F)(F)F. The Balaban J connectivity index is 0.000000718. The fraction of sp³-hybridized carbons (Fsp3) is 0.368. The highest BCUT2D eigenvalue weighted by molar-refractivity contribution is 7.71. The van der Waals surface area contributed by atoms with Gasteiger partial charge in [-0.25, -0.2) is 4.79 Å². The van der Waals surface area contributed by atoms with Gasteiger partial charge in [0.2, 0.25) is 0 Å². The van der Waals surface area contributed by atoms with Gasteiger partial charge in [-0.2, -0.15) is 13.2 Å². The molecule has 1 aromatic carbocycles. The van der Waals surface area contributed by atoms with Crippen LogP contribution < -0.4 is 31.2 Å². The van der Waals surface area contributed by atoms with E-state index >= 15 is 0 Å². The number of H-pyrrole nitrogens is 1. The van der Waals surface area contributed by atoms with Crippen molar-refractivity contribution in [3.05, 3.63) is 33.3 Å². The molecule has 0 aliphatic carbocycles. The van der Waals surface area contributed by atoms with Crippen LogP contribution in [-0.4, -0.2) is 60.6 Å². The average molecular weight is 507 g/mol. The molecule has 0 bridgehead atoms. The van der Waals surface area contributed by atoms with E-state index in [0.717, 1.165) is 0 Å². The molecule has 0 saturated heterocycles. The van der Waals surface area contributed by atoms with Gasteiger partial charge in [0.25, 0.3) is 5.56 Å². The normalized spacial score (nSPS) is 10.5. The molecular formula is C19H24F3N5O6S. The van der Waals surface area contributed by atoms with E-state index in [2.05, 4.69) is 9.98 Å². The first-order valence-corrected chi connectivity index (χ1v) is 9.76. The molecular weight excluding hydrogens is 483 g/mol. The maximum Gasteiger partial charge on any atom is 0.490 e. The number of nitrogens with one attached hydrogen (secondary N) is 1. The van der Waals surface area contributed by atoms with Crippen molar-refractivity contribution in [1.29, 1.82) is 0 Å². The summed E-state index contributed by atoms with van der Waals surface area (Å²) in [7, 11) is 4.61. The van der Waals surface area contributed by atoms with E-state index in [9.17, 15) is 18.0 Å². The highest BCUT2D eigenvalue weighted by Gasteiger charge is 2.38. The van der Waals surface area contributed by atoms with Gasteiger partial charge in [0.1, 0.15) is 5.75 Å². The Bertz CT molecular complexity index is 1140. The number of benzene rings is 1. The van der Waals surface area contributed by atoms with Crippen molar-refractivity contribution < 1.29 is 37.3 Å². The Hall–Kier alpha value is -3.75. The molecule has 0 aliphatic heterocycles. The number of ether oxygens (including phenoxy) is 3. The molecule has 1 heterocycles. The topological polar surface area (TPSA) is 167 Å². The molecule has 0 radical (unpaired) electrons. The first-order valence-electron chi connectivity index (χ1n) is 9.35. The number of hydrogen-bond acceptors (Lipinski definition) is 7. The minimum Gasteiger partial charge on any atom is -0.496 e. The molecule has 6 N–H and O–H groups in total. The molecule has 34 heavy (non-hydrogen) atoms. The largest absolute Gasteiger partial charge is 0.496 e. The molecule has 0 fully saturated rings. The molecule has 11 nitrogen and oxygen atoms in total. The lowest BCUT2D eigenvalue weighted by molar-refractivity contribution is -0.192. The van der Waals surface area contributed by atoms with Crippen molar-refractivity contribution in [3.8, 4) is 28.5 Å². The summed E-state index contributed by atoms with van der Waals surface area (Å²) in [4.78, 5) is 27.5. The zero-order valence-electron chi connectivity index (χ0n) is 18.4. The minimum absolute atomic E-state index is 0.0295. The van der Waals surface area contributed by atoms with Gasteiger partial charge in [-0.15, -0.1) is 0 Å². The van der Waals surface area contributed by atoms with Gasteiger partial charge >= 0.3 is 12.1 Å². The van der Waals surface area contributed by atoms with Crippen LogP contribution in [-0.2, 0) is 11.3 Å². The van der Waals surface area contributed by atoms with Crippen LogP contribution in [0.15, 0.2) is 28.0 Å². The Morgan fingerprint density at radius 2 is 1.65 bits per heavy atom. The van der Waals surface area contributed by atoms with Gasteiger partial charge in [0.05, 0.1) is 27.0 Å². The summed E-state index contributed by atoms with van der Waals surface area (Å²) in [6.45, 7) is 0.935. The number of aromatic nitrogens is 2. The standard InChI is InChI=1S/C17H23N5O4S.C2HF3O2/c1-24-12-9-14(26-3)13(25-2)7-10(12)11-8-15(23)21-17(27)22(11)6-4-5-20-16(18)19;3-2(4,5)1(6)7/h7-9H,4-6H2,1-3H3,(H4,18,19,20)(H,21,23,27);(H,6,7). The number of hydrogen-bond donors (Lipinski definition) is 4. The van der Waals surface area contributed by atoms with Crippen LogP contribution in [0.5, 0.6) is 17.2 Å². The fourth-order valence-electron chi connectivity index (χ4n) is 2.63. The molecule has 0 saturated carbocycles. The Kier molecular flexibility index (Phi) is 10.4. The summed E-state index contributed by atoms with van der Waals surface area (Å²) >= 11 is 5.34. The van der Waals surface area contributed by atoms with Crippen molar-refractivity contribution in [2.24, 2.45) is 16.5 Å². The summed E-state index contributed by atoms with van der Waals surface area (Å²) in [5.41, 5.74) is 11.6. The molecule has 188 valence electrons. The van der Waals surface area contributed by atoms with Crippen LogP contribution in [0.25, 0.3) is 11.3 Å². The molecule has 1 aromatic heterocycles. The van der Waals surface area contributed by atoms with Gasteiger partial charge in [0.15, 0.2) is 22.2 Å². The van der Waals surface area contributed by atoms with Crippen molar-refractivity contribution >= 4 is 24.1 Å². The number of methoxy groups -OCH3 is 3. The molecule has 0 amide bonds. The number of carboxylic acid groups (broad SMARTS) is 1. The first kappa shape index (κ1) is 28.3. The Labute approximate surface area is 196 Å². The molecule has 0 unspecified atom stereocenters. The summed E-state index contributed by atoms with van der Waals surface area (Å²) in [5, 5.41) is 7.12. The number of rotatable bonds is 8. The fourth-order valence-corrected chi connectivity index (χ4v) is 2.92. The molecule has 2 aromatic rings. The zero-order chi connectivity index (χ0) is 26.1. The van der Waals surface area contributed by atoms with Crippen LogP contribution in [0.2, 0.25) is 0 Å². The van der Waals surface area contributed by atoms with E-state index in [1.165, 1.54) is 27.4 Å². The monoisotopic (exact) mass is 507 g/mol. The van der Waals surface area contributed by atoms with Crippen molar-refractivity contribution in [2.45, 2.75) is 19.1 Å². The number of aromatic amines is 1. The Morgan fingerprint density at radius 3 is 2.12 bits per heavy atom. The predicted molar refractivity (Wildman–Crippen MR) is 120 cm³/mol. The second-order valence-electron chi connectivity index (χ2n) is 6.35. The summed E-state index contributed by atoms with van der Waals surface area (Å²) < 4.78 is 50.0. The van der Waals surface area contributed by atoms with Crippen molar-refractivity contribution in [2.75, 3.05) is 27.9 Å². The molecule has 0 atom stereocenters. The second kappa shape index (κ2) is 12.5. The van der Waals surface area contributed by atoms with Gasteiger partial charge in [-0.3, -0.25) is 14.8 Å². The van der Waals surface area contributed by atoms with Crippen LogP contribution in [0.1, 0.15) is 6.42 Å². The van der Waals surface area contributed by atoms with E-state index in [0.29, 0.717) is 52.8 Å². The first-order chi connectivity index (χ1) is 15.8. The van der Waals surface area contributed by atoms with Gasteiger partial charge in [0, 0.05) is 30.8 Å². The van der Waals surface area contributed by atoms with Gasteiger partial charge in [-0.1, -0.05) is 0 Å². The van der Waals surface area contributed by atoms with Crippen LogP contribution in [0.3, 0.4) is 0 Å². The highest BCUT2D eigenvalue weighted by atomic mass is 32.1. The lowest BCUT2D eigenvalue weighted by Crippen LogP contribution is -2.23. The van der Waals surface area contributed by atoms with Gasteiger partial charge in [-0.05, 0) is 24.7 Å². The Morgan fingerprint density at radius 1 is 1.12 bits per heavy atom. The smallest absolute Gasteiger partial charge is 0.490 e. The molecule has 0 spiro atoms. The van der Waals surface area contributed by atoms with Crippen LogP contribution in [0.4, 0.5) is 13.2 Å². The maximum absolute atomic E-state index is 12.0. The lowest BCUT2D eigenvalue weighted by atomic mass is 10.1. The molecule has 2 rings (SSSR count). The van der Waals surface area contributed by atoms with E-state index in [-0.39, 0.29) is 11.5 Å². The number of alkyl halides is 3. The number of aliphatic carboxylic acids is 1. The summed E-state index contributed by atoms with van der Waals surface area (Å²) in [6.07, 6.45) is -4.46. The van der Waals surface area contributed by atoms with Crippen molar-refractivity contribution in [3.63, 3.8) is 0 Å². The van der Waals surface area contributed by atoms with Crippen molar-refractivity contribution in [1.82, 2.24) is 9.55 Å². The third kappa shape index (κ3) is 7.99. The number of carboxylic acids is 1. The number of halogens is 3. The second-order valence-corrected chi connectivity index (χ2v) is 6.73. The van der Waals surface area contributed by atoms with E-state index in [1.54, 1.807) is 16.7 Å². The van der Waals surface area contributed by atoms with E-state index in [1.807, 2.05) is 0 Å². The predicted octanol–water partition coefficient (Wildman–Crippen LogP) is 1.90. The maximum atomic E-state index is 12.0. The minimum atomic E-state index is -5.08. The number of nitrogens with two attached hydrogens (primary N) is 2. The number of carbonyl (C=O) groups is 1. The highest BCUT2D eigenvalue weighted by Crippen LogP contribution is 2.39. The third-order valence-electron chi connectivity index (χ3n) is 4.09. The van der Waals surface area contributed by atoms with E-state index < -0.39 is 12.1 Å². The summed E-state index contributed by atoms with van der Waals surface area (Å²) in [6, 6.07) is 4.90. The number of aliphatic imine (C=N–C) groups is 1. The van der Waals surface area contributed by atoms with Crippen LogP contribution >= 0.6 is 12.2 Å². The lowest BCUT2D eigenvalue weighted by Gasteiger charge is -2.18. The number of guanidine groups is 1. The molecule has 15 heteroatoms. The quantitative estimate of drug-likeness (QED) is 0.181. The van der Waals surface area contributed by atoms with Crippen LogP contribution in [0, 0.1) is 4.77 Å². The third-order valence-corrected chi connectivity index (χ3v) is 4.41. The number of nitrogens with zero attached hydrogens (tertiary/aromatic N) is 2. The molecule has 0 aliphatic rings.